The lowest BCUT2D eigenvalue weighted by Crippen LogP contribution is -2.48. The van der Waals surface area contributed by atoms with E-state index in [0.717, 1.165) is 49.6 Å². The normalized spacial score (nSPS) is 15.8. The van der Waals surface area contributed by atoms with Crippen LogP contribution in [0.3, 0.4) is 0 Å². The number of amides is 1. The van der Waals surface area contributed by atoms with Crippen molar-refractivity contribution in [3.8, 4) is 0 Å². The maximum absolute atomic E-state index is 13.2. The molecule has 0 atom stereocenters. The molecule has 1 saturated heterocycles. The van der Waals surface area contributed by atoms with Crippen LogP contribution in [0.15, 0.2) is 48.5 Å². The van der Waals surface area contributed by atoms with Gasteiger partial charge in [0.05, 0.1) is 24.1 Å². The third-order valence-corrected chi connectivity index (χ3v) is 5.19. The van der Waals surface area contributed by atoms with E-state index in [4.69, 9.17) is 4.98 Å². The van der Waals surface area contributed by atoms with E-state index in [-0.39, 0.29) is 11.7 Å². The van der Waals surface area contributed by atoms with Crippen molar-refractivity contribution in [3.05, 3.63) is 60.2 Å². The Balaban J connectivity index is 1.28. The number of anilines is 1. The Morgan fingerprint density at radius 2 is 1.82 bits per heavy atom. The van der Waals surface area contributed by atoms with Gasteiger partial charge in [-0.15, -0.1) is 0 Å². The summed E-state index contributed by atoms with van der Waals surface area (Å²) in [5, 5.41) is 2.76. The number of aryl methyl sites for hydroxylation is 1. The molecule has 1 aromatic heterocycles. The molecular formula is C21H24FN5O. The summed E-state index contributed by atoms with van der Waals surface area (Å²) < 4.78 is 15.4. The molecule has 6 nitrogen and oxygen atoms in total. The summed E-state index contributed by atoms with van der Waals surface area (Å²) >= 11 is 0. The maximum atomic E-state index is 13.2. The fraction of sp³-hybridized carbons (Fsp3) is 0.333. The highest BCUT2D eigenvalue weighted by Crippen LogP contribution is 2.16. The standard InChI is InChI=1S/C21H24FN5O/c1-25-19-8-3-2-7-18(19)24-20(25)14-26-9-11-27(12-10-26)15-21(28)23-17-6-4-5-16(22)13-17/h2-8,13H,9-12,14-15H2,1H3,(H,23,28). The van der Waals surface area contributed by atoms with E-state index < -0.39 is 0 Å². The number of hydrogen-bond acceptors (Lipinski definition) is 4. The molecule has 3 aromatic rings. The number of hydrogen-bond donors (Lipinski definition) is 1. The molecule has 1 N–H and O–H groups in total. The number of carbonyl (C=O) groups excluding carboxylic acids is 1. The number of halogens is 1. The second-order valence-electron chi connectivity index (χ2n) is 7.19. The Bertz CT molecular complexity index is 978. The van der Waals surface area contributed by atoms with E-state index in [9.17, 15) is 9.18 Å². The molecule has 4 rings (SSSR count). The molecule has 7 heteroatoms. The van der Waals surface area contributed by atoms with Gasteiger partial charge in [0.2, 0.25) is 5.91 Å². The molecule has 2 aromatic carbocycles. The fourth-order valence-electron chi connectivity index (χ4n) is 3.61. The van der Waals surface area contributed by atoms with Crippen molar-refractivity contribution in [2.45, 2.75) is 6.54 Å². The number of nitrogens with zero attached hydrogens (tertiary/aromatic N) is 4. The SMILES string of the molecule is Cn1c(CN2CCN(CC(=O)Nc3cccc(F)c3)CC2)nc2ccccc21. The zero-order chi connectivity index (χ0) is 19.5. The summed E-state index contributed by atoms with van der Waals surface area (Å²) in [5.74, 6) is 0.584. The Morgan fingerprint density at radius 3 is 2.57 bits per heavy atom. The topological polar surface area (TPSA) is 53.4 Å². The molecule has 1 fully saturated rings. The summed E-state index contributed by atoms with van der Waals surface area (Å²) in [5.41, 5.74) is 2.66. The Kier molecular flexibility index (Phi) is 5.36. The minimum Gasteiger partial charge on any atom is -0.330 e. The maximum Gasteiger partial charge on any atom is 0.238 e. The number of carbonyl (C=O) groups is 1. The van der Waals surface area contributed by atoms with Crippen molar-refractivity contribution in [3.63, 3.8) is 0 Å². The molecule has 146 valence electrons. The largest absolute Gasteiger partial charge is 0.330 e. The van der Waals surface area contributed by atoms with E-state index in [1.165, 1.54) is 12.1 Å². The molecular weight excluding hydrogens is 357 g/mol. The van der Waals surface area contributed by atoms with Gasteiger partial charge in [-0.1, -0.05) is 18.2 Å². The highest BCUT2D eigenvalue weighted by molar-refractivity contribution is 5.92. The zero-order valence-corrected chi connectivity index (χ0v) is 15.9. The average Bonchev–Trinajstić information content (AvgIpc) is 2.99. The first-order valence-electron chi connectivity index (χ1n) is 9.49. The van der Waals surface area contributed by atoms with Gasteiger partial charge in [-0.05, 0) is 30.3 Å². The predicted octanol–water partition coefficient (Wildman–Crippen LogP) is 2.47. The lowest BCUT2D eigenvalue weighted by Gasteiger charge is -2.34. The van der Waals surface area contributed by atoms with E-state index in [1.54, 1.807) is 12.1 Å². The van der Waals surface area contributed by atoms with Gasteiger partial charge in [0, 0.05) is 38.9 Å². The Labute approximate surface area is 163 Å². The first kappa shape index (κ1) is 18.6. The summed E-state index contributed by atoms with van der Waals surface area (Å²) in [7, 11) is 2.05. The zero-order valence-electron chi connectivity index (χ0n) is 15.9. The van der Waals surface area contributed by atoms with E-state index in [0.29, 0.717) is 12.2 Å². The third-order valence-electron chi connectivity index (χ3n) is 5.19. The molecule has 0 radical (unpaired) electrons. The van der Waals surface area contributed by atoms with Gasteiger partial charge < -0.3 is 9.88 Å². The van der Waals surface area contributed by atoms with Crippen LogP contribution in [0.1, 0.15) is 5.82 Å². The number of fused-ring (bicyclic) bond motifs is 1. The lowest BCUT2D eigenvalue weighted by molar-refractivity contribution is -0.117. The van der Waals surface area contributed by atoms with Crippen LogP contribution in [0.2, 0.25) is 0 Å². The smallest absolute Gasteiger partial charge is 0.238 e. The predicted molar refractivity (Wildman–Crippen MR) is 107 cm³/mol. The van der Waals surface area contributed by atoms with Crippen LogP contribution in [0.25, 0.3) is 11.0 Å². The summed E-state index contributed by atoms with van der Waals surface area (Å²) in [6, 6.07) is 14.1. The quantitative estimate of drug-likeness (QED) is 0.738. The molecule has 0 saturated carbocycles. The first-order chi connectivity index (χ1) is 13.6. The van der Waals surface area contributed by atoms with E-state index in [2.05, 4.69) is 32.8 Å². The van der Waals surface area contributed by atoms with Crippen LogP contribution in [-0.2, 0) is 18.4 Å². The number of aromatic nitrogens is 2. The molecule has 1 aliphatic rings. The number of rotatable bonds is 5. The summed E-state index contributed by atoms with van der Waals surface area (Å²) in [6.45, 7) is 4.53. The monoisotopic (exact) mass is 381 g/mol. The van der Waals surface area contributed by atoms with Gasteiger partial charge >= 0.3 is 0 Å². The number of nitrogens with one attached hydrogen (secondary N) is 1. The molecule has 1 amide bonds. The summed E-state index contributed by atoms with van der Waals surface area (Å²) in [4.78, 5) is 21.4. The van der Waals surface area contributed by atoms with Crippen molar-refractivity contribution in [2.75, 3.05) is 38.0 Å². The van der Waals surface area contributed by atoms with Crippen LogP contribution >= 0.6 is 0 Å². The highest BCUT2D eigenvalue weighted by Gasteiger charge is 2.20. The van der Waals surface area contributed by atoms with Gasteiger partial charge in [0.25, 0.3) is 0 Å². The van der Waals surface area contributed by atoms with Crippen molar-refractivity contribution >= 4 is 22.6 Å². The molecule has 0 unspecified atom stereocenters. The molecule has 2 heterocycles. The van der Waals surface area contributed by atoms with Gasteiger partial charge in [-0.25, -0.2) is 9.37 Å². The minimum atomic E-state index is -0.353. The molecule has 0 bridgehead atoms. The third kappa shape index (κ3) is 4.21. The van der Waals surface area contributed by atoms with Gasteiger partial charge in [-0.2, -0.15) is 0 Å². The van der Waals surface area contributed by atoms with E-state index in [1.807, 2.05) is 18.2 Å². The number of imidazole rings is 1. The molecule has 0 spiro atoms. The van der Waals surface area contributed by atoms with Crippen molar-refractivity contribution in [2.24, 2.45) is 7.05 Å². The van der Waals surface area contributed by atoms with Crippen LogP contribution in [0, 0.1) is 5.82 Å². The van der Waals surface area contributed by atoms with Crippen LogP contribution in [0.5, 0.6) is 0 Å². The van der Waals surface area contributed by atoms with Gasteiger partial charge in [-0.3, -0.25) is 14.6 Å². The first-order valence-corrected chi connectivity index (χ1v) is 9.49. The van der Waals surface area contributed by atoms with Gasteiger partial charge in [0.15, 0.2) is 0 Å². The number of benzene rings is 2. The Morgan fingerprint density at radius 1 is 1.07 bits per heavy atom. The number of piperazine rings is 1. The molecule has 0 aliphatic carbocycles. The van der Waals surface area contributed by atoms with Crippen LogP contribution in [-0.4, -0.2) is 58.0 Å². The van der Waals surface area contributed by atoms with Crippen LogP contribution in [0.4, 0.5) is 10.1 Å². The van der Waals surface area contributed by atoms with Crippen molar-refractivity contribution in [1.82, 2.24) is 19.4 Å². The van der Waals surface area contributed by atoms with Gasteiger partial charge in [0.1, 0.15) is 11.6 Å². The van der Waals surface area contributed by atoms with Crippen molar-refractivity contribution in [1.29, 1.82) is 0 Å². The lowest BCUT2D eigenvalue weighted by atomic mass is 10.3. The Hall–Kier alpha value is -2.77. The van der Waals surface area contributed by atoms with Crippen molar-refractivity contribution < 1.29 is 9.18 Å². The van der Waals surface area contributed by atoms with E-state index >= 15 is 0 Å². The minimum absolute atomic E-state index is 0.116. The van der Waals surface area contributed by atoms with Crippen LogP contribution < -0.4 is 5.32 Å². The summed E-state index contributed by atoms with van der Waals surface area (Å²) in [6.07, 6.45) is 0. The molecule has 28 heavy (non-hydrogen) atoms. The second-order valence-corrected chi connectivity index (χ2v) is 7.19. The molecule has 1 aliphatic heterocycles. The average molecular weight is 381 g/mol. The number of para-hydroxylation sites is 2. The fourth-order valence-corrected chi connectivity index (χ4v) is 3.61. The second kappa shape index (κ2) is 8.08. The highest BCUT2D eigenvalue weighted by atomic mass is 19.1.